The number of carbonyl (C=O) groups is 1. The Hall–Kier alpha value is -3.35. The molecule has 3 aromatic rings. The molecule has 0 aliphatic heterocycles. The fraction of sp³-hybridized carbons (Fsp3) is 0.318. The molecule has 0 spiro atoms. The maximum atomic E-state index is 13.2. The van der Waals surface area contributed by atoms with E-state index < -0.39 is 0 Å². The maximum absolute atomic E-state index is 13.2. The topological polar surface area (TPSA) is 76.5 Å². The van der Waals surface area contributed by atoms with Crippen LogP contribution in [0.1, 0.15) is 19.4 Å². The lowest BCUT2D eigenvalue weighted by molar-refractivity contribution is -0.116. The first-order chi connectivity index (χ1) is 14.0. The summed E-state index contributed by atoms with van der Waals surface area (Å²) in [5.74, 6) is 0.618. The van der Waals surface area contributed by atoms with Crippen LogP contribution in [-0.4, -0.2) is 35.7 Å². The van der Waals surface area contributed by atoms with Gasteiger partial charge in [0.1, 0.15) is 12.3 Å². The molecule has 3 rings (SSSR count). The van der Waals surface area contributed by atoms with Crippen molar-refractivity contribution in [3.8, 4) is 5.75 Å². The molecule has 1 amide bonds. The number of nitrogens with one attached hydrogen (secondary N) is 1. The minimum atomic E-state index is -0.308. The third-order valence-corrected chi connectivity index (χ3v) is 4.83. The van der Waals surface area contributed by atoms with E-state index in [9.17, 15) is 9.59 Å². The quantitative estimate of drug-likeness (QED) is 0.666. The van der Waals surface area contributed by atoms with Crippen LogP contribution in [0.2, 0.25) is 0 Å². The minimum absolute atomic E-state index is 0.118. The van der Waals surface area contributed by atoms with Gasteiger partial charge in [-0.1, -0.05) is 18.2 Å². The smallest absolute Gasteiger partial charge is 0.294 e. The number of ether oxygens (including phenoxy) is 1. The van der Waals surface area contributed by atoms with Gasteiger partial charge in [0.15, 0.2) is 5.82 Å². The van der Waals surface area contributed by atoms with Crippen molar-refractivity contribution in [3.63, 3.8) is 0 Å². The summed E-state index contributed by atoms with van der Waals surface area (Å²) in [6.45, 7) is 7.08. The molecule has 1 heterocycles. The van der Waals surface area contributed by atoms with Gasteiger partial charge in [-0.05, 0) is 50.6 Å². The highest BCUT2D eigenvalue weighted by Crippen LogP contribution is 2.25. The first kappa shape index (κ1) is 20.4. The van der Waals surface area contributed by atoms with Crippen LogP contribution in [0.25, 0.3) is 11.0 Å². The van der Waals surface area contributed by atoms with E-state index in [1.54, 1.807) is 19.2 Å². The van der Waals surface area contributed by atoms with Gasteiger partial charge in [-0.25, -0.2) is 4.98 Å². The molecule has 0 bridgehead atoms. The summed E-state index contributed by atoms with van der Waals surface area (Å²) in [6, 6.07) is 12.9. The van der Waals surface area contributed by atoms with Gasteiger partial charge in [0.05, 0.1) is 23.8 Å². The molecule has 1 aromatic heterocycles. The lowest BCUT2D eigenvalue weighted by atomic mass is 10.2. The SMILES string of the molecule is CCN(CC)c1nc2ccccc2n(CC(=O)Nc2cc(C)ccc2OC)c1=O. The Balaban J connectivity index is 2.01. The number of aromatic nitrogens is 2. The predicted octanol–water partition coefficient (Wildman–Crippen LogP) is 3.20. The minimum Gasteiger partial charge on any atom is -0.495 e. The first-order valence-corrected chi connectivity index (χ1v) is 9.67. The van der Waals surface area contributed by atoms with Gasteiger partial charge >= 0.3 is 0 Å². The molecule has 1 N–H and O–H groups in total. The summed E-state index contributed by atoms with van der Waals surface area (Å²) < 4.78 is 6.80. The van der Waals surface area contributed by atoms with Crippen molar-refractivity contribution in [1.29, 1.82) is 0 Å². The average molecular weight is 394 g/mol. The average Bonchev–Trinajstić information content (AvgIpc) is 2.72. The van der Waals surface area contributed by atoms with Crippen LogP contribution in [0.3, 0.4) is 0 Å². The lowest BCUT2D eigenvalue weighted by Crippen LogP contribution is -2.35. The maximum Gasteiger partial charge on any atom is 0.294 e. The number of aryl methyl sites for hydroxylation is 1. The molecule has 0 saturated carbocycles. The summed E-state index contributed by atoms with van der Waals surface area (Å²) >= 11 is 0. The number of nitrogens with zero attached hydrogens (tertiary/aromatic N) is 3. The second-order valence-electron chi connectivity index (χ2n) is 6.74. The number of amides is 1. The van der Waals surface area contributed by atoms with Crippen molar-refractivity contribution in [2.75, 3.05) is 30.4 Å². The van der Waals surface area contributed by atoms with Gasteiger partial charge in [0.2, 0.25) is 5.91 Å². The van der Waals surface area contributed by atoms with Gasteiger partial charge in [0.25, 0.3) is 5.56 Å². The monoisotopic (exact) mass is 394 g/mol. The molecular weight excluding hydrogens is 368 g/mol. The van der Waals surface area contributed by atoms with Gasteiger partial charge in [-0.3, -0.25) is 14.2 Å². The van der Waals surface area contributed by atoms with Crippen LogP contribution >= 0.6 is 0 Å². The van der Waals surface area contributed by atoms with E-state index in [2.05, 4.69) is 10.3 Å². The highest BCUT2D eigenvalue weighted by molar-refractivity contribution is 5.93. The Morgan fingerprint density at radius 1 is 1.17 bits per heavy atom. The number of para-hydroxylation sites is 2. The van der Waals surface area contributed by atoms with E-state index in [1.807, 2.05) is 56.0 Å². The molecule has 152 valence electrons. The van der Waals surface area contributed by atoms with E-state index in [0.717, 1.165) is 5.56 Å². The lowest BCUT2D eigenvalue weighted by Gasteiger charge is -2.21. The predicted molar refractivity (Wildman–Crippen MR) is 116 cm³/mol. The summed E-state index contributed by atoms with van der Waals surface area (Å²) in [6.07, 6.45) is 0. The summed E-state index contributed by atoms with van der Waals surface area (Å²) in [4.78, 5) is 32.4. The summed E-state index contributed by atoms with van der Waals surface area (Å²) in [5, 5.41) is 2.86. The number of anilines is 2. The van der Waals surface area contributed by atoms with Crippen LogP contribution in [0.15, 0.2) is 47.3 Å². The van der Waals surface area contributed by atoms with Crippen molar-refractivity contribution in [2.24, 2.45) is 0 Å². The molecule has 0 unspecified atom stereocenters. The van der Waals surface area contributed by atoms with Crippen LogP contribution < -0.4 is 20.5 Å². The third-order valence-electron chi connectivity index (χ3n) is 4.83. The molecule has 0 fully saturated rings. The molecule has 0 saturated heterocycles. The molecule has 0 atom stereocenters. The second-order valence-corrected chi connectivity index (χ2v) is 6.74. The molecule has 0 aliphatic rings. The van der Waals surface area contributed by atoms with Crippen LogP contribution in [0.5, 0.6) is 5.75 Å². The van der Waals surface area contributed by atoms with Crippen molar-refractivity contribution < 1.29 is 9.53 Å². The number of hydrogen-bond acceptors (Lipinski definition) is 5. The highest BCUT2D eigenvalue weighted by Gasteiger charge is 2.17. The summed E-state index contributed by atoms with van der Waals surface area (Å²) in [5.41, 5.74) is 2.60. The van der Waals surface area contributed by atoms with Crippen LogP contribution in [-0.2, 0) is 11.3 Å². The van der Waals surface area contributed by atoms with E-state index >= 15 is 0 Å². The fourth-order valence-corrected chi connectivity index (χ4v) is 3.32. The number of rotatable bonds is 7. The standard InChI is InChI=1S/C22H26N4O3/c1-5-25(6-2)21-22(28)26(18-10-8-7-9-16(18)24-21)14-20(27)23-17-13-15(3)11-12-19(17)29-4/h7-13H,5-6,14H2,1-4H3,(H,23,27). The molecular formula is C22H26N4O3. The number of hydrogen-bond donors (Lipinski definition) is 1. The fourth-order valence-electron chi connectivity index (χ4n) is 3.32. The van der Waals surface area contributed by atoms with Crippen molar-refractivity contribution in [3.05, 3.63) is 58.4 Å². The van der Waals surface area contributed by atoms with E-state index in [1.165, 1.54) is 4.57 Å². The van der Waals surface area contributed by atoms with Crippen LogP contribution in [0.4, 0.5) is 11.5 Å². The normalized spacial score (nSPS) is 10.8. The zero-order valence-electron chi connectivity index (χ0n) is 17.2. The number of methoxy groups -OCH3 is 1. The number of carbonyl (C=O) groups excluding carboxylic acids is 1. The van der Waals surface area contributed by atoms with Crippen molar-refractivity contribution in [2.45, 2.75) is 27.3 Å². The summed E-state index contributed by atoms with van der Waals surface area (Å²) in [7, 11) is 1.55. The third kappa shape index (κ3) is 4.23. The second kappa shape index (κ2) is 8.77. The zero-order chi connectivity index (χ0) is 21.0. The van der Waals surface area contributed by atoms with Crippen molar-refractivity contribution in [1.82, 2.24) is 9.55 Å². The molecule has 0 aliphatic carbocycles. The Labute approximate surface area is 169 Å². The van der Waals surface area contributed by atoms with E-state index in [4.69, 9.17) is 4.74 Å². The van der Waals surface area contributed by atoms with E-state index in [0.29, 0.717) is 41.4 Å². The number of benzene rings is 2. The zero-order valence-corrected chi connectivity index (χ0v) is 17.2. The Bertz CT molecular complexity index is 1090. The van der Waals surface area contributed by atoms with Gasteiger partial charge in [-0.2, -0.15) is 0 Å². The molecule has 2 aromatic carbocycles. The van der Waals surface area contributed by atoms with Gasteiger partial charge < -0.3 is 15.0 Å². The molecule has 7 nitrogen and oxygen atoms in total. The van der Waals surface area contributed by atoms with E-state index in [-0.39, 0.29) is 18.0 Å². The van der Waals surface area contributed by atoms with Crippen molar-refractivity contribution >= 4 is 28.4 Å². The highest BCUT2D eigenvalue weighted by atomic mass is 16.5. The largest absolute Gasteiger partial charge is 0.495 e. The van der Waals surface area contributed by atoms with Gasteiger partial charge in [-0.15, -0.1) is 0 Å². The molecule has 0 radical (unpaired) electrons. The molecule has 7 heteroatoms. The Morgan fingerprint density at radius 3 is 2.59 bits per heavy atom. The first-order valence-electron chi connectivity index (χ1n) is 9.67. The van der Waals surface area contributed by atoms with Gasteiger partial charge in [0, 0.05) is 13.1 Å². The van der Waals surface area contributed by atoms with Crippen LogP contribution in [0, 0.1) is 6.92 Å². The Morgan fingerprint density at radius 2 is 1.90 bits per heavy atom. The molecule has 29 heavy (non-hydrogen) atoms. The number of fused-ring (bicyclic) bond motifs is 1. The Kier molecular flexibility index (Phi) is 6.16.